The first-order valence-electron chi connectivity index (χ1n) is 12.2. The summed E-state index contributed by atoms with van der Waals surface area (Å²) < 4.78 is 6.92. The summed E-state index contributed by atoms with van der Waals surface area (Å²) in [4.78, 5) is 29.5. The van der Waals surface area contributed by atoms with E-state index in [1.54, 1.807) is 18.3 Å². The molecular weight excluding hydrogens is 516 g/mol. The largest absolute Gasteiger partial charge is 0.375 e. The Kier molecular flexibility index (Phi) is 7.35. The second-order valence-corrected chi connectivity index (χ2v) is 9.44. The number of pyridine rings is 1. The first-order valence-corrected chi connectivity index (χ1v) is 12.6. The standard InChI is InChI=1S/C28H26N6O4S/c1-18-16-21(12-13-22(18)30-25(35)17-38-2)33-27(26(31-28(33)39)23-6-3-4-14-29-23)24-7-5-15-32(24)19-8-10-20(11-9-19)34(36)37/h3-16,26-27H,17H2,1-2H3,(H,30,35)(H,31,39). The molecule has 198 valence electrons. The number of hydrogen-bond acceptors (Lipinski definition) is 6. The van der Waals surface area contributed by atoms with Gasteiger partial charge in [-0.15, -0.1) is 0 Å². The van der Waals surface area contributed by atoms with Gasteiger partial charge in [0.15, 0.2) is 5.11 Å². The number of non-ortho nitro benzene ring substituents is 1. The maximum Gasteiger partial charge on any atom is 0.269 e. The maximum absolute atomic E-state index is 12.1. The smallest absolute Gasteiger partial charge is 0.269 e. The number of aromatic nitrogens is 2. The summed E-state index contributed by atoms with van der Waals surface area (Å²) in [5.41, 5.74) is 4.94. The number of anilines is 2. The van der Waals surface area contributed by atoms with Crippen LogP contribution in [0.2, 0.25) is 0 Å². The molecule has 39 heavy (non-hydrogen) atoms. The van der Waals surface area contributed by atoms with Gasteiger partial charge >= 0.3 is 0 Å². The van der Waals surface area contributed by atoms with Crippen LogP contribution in [0, 0.1) is 17.0 Å². The number of amides is 1. The molecule has 3 heterocycles. The number of methoxy groups -OCH3 is 1. The van der Waals surface area contributed by atoms with E-state index < -0.39 is 4.92 Å². The van der Waals surface area contributed by atoms with Gasteiger partial charge in [-0.2, -0.15) is 0 Å². The van der Waals surface area contributed by atoms with Crippen LogP contribution in [-0.2, 0) is 9.53 Å². The molecule has 1 fully saturated rings. The molecule has 0 radical (unpaired) electrons. The second kappa shape index (κ2) is 11.0. The van der Waals surface area contributed by atoms with Crippen LogP contribution in [0.5, 0.6) is 0 Å². The predicted octanol–water partition coefficient (Wildman–Crippen LogP) is 4.85. The Morgan fingerprint density at radius 1 is 1.13 bits per heavy atom. The Bertz CT molecular complexity index is 1520. The Hall–Kier alpha value is -4.61. The normalized spacial score (nSPS) is 16.7. The molecule has 4 aromatic rings. The fourth-order valence-electron chi connectivity index (χ4n) is 4.79. The van der Waals surface area contributed by atoms with Crippen molar-refractivity contribution in [1.82, 2.24) is 14.9 Å². The summed E-state index contributed by atoms with van der Waals surface area (Å²) in [5, 5.41) is 18.0. The fourth-order valence-corrected chi connectivity index (χ4v) is 5.14. The highest BCUT2D eigenvalue weighted by Crippen LogP contribution is 2.43. The Labute approximate surface area is 230 Å². The third-order valence-electron chi connectivity index (χ3n) is 6.56. The molecule has 2 atom stereocenters. The average Bonchev–Trinajstić information content (AvgIpc) is 3.55. The number of nitro groups is 1. The molecule has 0 spiro atoms. The lowest BCUT2D eigenvalue weighted by molar-refractivity contribution is -0.384. The minimum atomic E-state index is -0.414. The van der Waals surface area contributed by atoms with E-state index in [4.69, 9.17) is 17.0 Å². The molecule has 1 saturated heterocycles. The number of nitrogens with one attached hydrogen (secondary N) is 2. The average molecular weight is 543 g/mol. The Morgan fingerprint density at radius 3 is 2.56 bits per heavy atom. The zero-order valence-electron chi connectivity index (χ0n) is 21.3. The van der Waals surface area contributed by atoms with Gasteiger partial charge in [0, 0.05) is 54.4 Å². The summed E-state index contributed by atoms with van der Waals surface area (Å²) in [6, 6.07) is 21.3. The summed E-state index contributed by atoms with van der Waals surface area (Å²) in [6.45, 7) is 1.89. The Morgan fingerprint density at radius 2 is 1.90 bits per heavy atom. The van der Waals surface area contributed by atoms with Gasteiger partial charge in [-0.1, -0.05) is 6.07 Å². The third-order valence-corrected chi connectivity index (χ3v) is 6.87. The minimum absolute atomic E-state index is 0.0253. The number of ether oxygens (including phenoxy) is 1. The number of carbonyl (C=O) groups excluding carboxylic acids is 1. The van der Waals surface area contributed by atoms with Gasteiger partial charge in [-0.3, -0.25) is 19.9 Å². The zero-order valence-corrected chi connectivity index (χ0v) is 22.1. The summed E-state index contributed by atoms with van der Waals surface area (Å²) in [7, 11) is 1.47. The molecule has 11 heteroatoms. The van der Waals surface area contributed by atoms with Crippen LogP contribution in [0.1, 0.15) is 29.0 Å². The molecule has 2 aromatic heterocycles. The molecule has 2 aromatic carbocycles. The first kappa shape index (κ1) is 26.0. The van der Waals surface area contributed by atoms with Gasteiger partial charge in [0.05, 0.1) is 16.7 Å². The Balaban J connectivity index is 1.58. The highest BCUT2D eigenvalue weighted by atomic mass is 32.1. The molecule has 0 aliphatic carbocycles. The molecule has 0 bridgehead atoms. The number of rotatable bonds is 8. The molecule has 1 aliphatic heterocycles. The molecule has 1 amide bonds. The van der Waals surface area contributed by atoms with Crippen LogP contribution < -0.4 is 15.5 Å². The molecule has 2 N–H and O–H groups in total. The number of nitro benzene ring substituents is 1. The van der Waals surface area contributed by atoms with Gasteiger partial charge in [0.25, 0.3) is 5.69 Å². The van der Waals surface area contributed by atoms with E-state index in [2.05, 4.69) is 15.6 Å². The molecule has 0 saturated carbocycles. The lowest BCUT2D eigenvalue weighted by Gasteiger charge is -2.29. The van der Waals surface area contributed by atoms with Gasteiger partial charge in [-0.25, -0.2) is 0 Å². The van der Waals surface area contributed by atoms with E-state index in [1.807, 2.05) is 71.1 Å². The maximum atomic E-state index is 12.1. The van der Waals surface area contributed by atoms with Crippen molar-refractivity contribution in [3.8, 4) is 5.69 Å². The van der Waals surface area contributed by atoms with Gasteiger partial charge < -0.3 is 24.8 Å². The lowest BCUT2D eigenvalue weighted by atomic mass is 10.00. The summed E-state index contributed by atoms with van der Waals surface area (Å²) >= 11 is 5.85. The van der Waals surface area contributed by atoms with Gasteiger partial charge in [0.1, 0.15) is 12.6 Å². The summed E-state index contributed by atoms with van der Waals surface area (Å²) in [5.74, 6) is -0.235. The minimum Gasteiger partial charge on any atom is -0.375 e. The molecular formula is C28H26N6O4S. The first-order chi connectivity index (χ1) is 18.9. The number of nitrogens with zero attached hydrogens (tertiary/aromatic N) is 4. The van der Waals surface area contributed by atoms with Crippen LogP contribution in [0.15, 0.2) is 85.2 Å². The van der Waals surface area contributed by atoms with Crippen LogP contribution in [0.25, 0.3) is 5.69 Å². The van der Waals surface area contributed by atoms with Crippen molar-refractivity contribution in [2.75, 3.05) is 23.9 Å². The second-order valence-electron chi connectivity index (χ2n) is 9.05. The van der Waals surface area contributed by atoms with Crippen molar-refractivity contribution < 1.29 is 14.5 Å². The molecule has 2 unspecified atom stereocenters. The quantitative estimate of drug-likeness (QED) is 0.185. The van der Waals surface area contributed by atoms with Crippen molar-refractivity contribution in [3.63, 3.8) is 0 Å². The van der Waals surface area contributed by atoms with Crippen molar-refractivity contribution >= 4 is 40.3 Å². The monoisotopic (exact) mass is 542 g/mol. The SMILES string of the molecule is COCC(=O)Nc1ccc(N2C(=S)NC(c3ccccn3)C2c2cccn2-c2ccc([N+](=O)[O-])cc2)cc1C. The van der Waals surface area contributed by atoms with Crippen molar-refractivity contribution in [1.29, 1.82) is 0 Å². The van der Waals surface area contributed by atoms with Gasteiger partial charge in [0.2, 0.25) is 5.91 Å². The number of thiocarbonyl (C=S) groups is 1. The van der Waals surface area contributed by atoms with Gasteiger partial charge in [-0.05, 0) is 79.3 Å². The summed E-state index contributed by atoms with van der Waals surface area (Å²) in [6.07, 6.45) is 3.67. The van der Waals surface area contributed by atoms with Crippen molar-refractivity contribution in [2.45, 2.75) is 19.0 Å². The van der Waals surface area contributed by atoms with E-state index in [9.17, 15) is 14.9 Å². The number of hydrogen-bond donors (Lipinski definition) is 2. The number of benzene rings is 2. The topological polar surface area (TPSA) is 115 Å². The zero-order chi connectivity index (χ0) is 27.5. The number of aryl methyl sites for hydroxylation is 1. The van der Waals surface area contributed by atoms with Crippen LogP contribution in [0.4, 0.5) is 17.1 Å². The molecule has 10 nitrogen and oxygen atoms in total. The molecule has 5 rings (SSSR count). The highest BCUT2D eigenvalue weighted by Gasteiger charge is 2.42. The highest BCUT2D eigenvalue weighted by molar-refractivity contribution is 7.80. The van der Waals surface area contributed by atoms with Crippen molar-refractivity contribution in [2.24, 2.45) is 0 Å². The van der Waals surface area contributed by atoms with Crippen LogP contribution in [-0.4, -0.2) is 39.2 Å². The van der Waals surface area contributed by atoms with Crippen molar-refractivity contribution in [3.05, 3.63) is 112 Å². The number of carbonyl (C=O) groups is 1. The van der Waals surface area contributed by atoms with Crippen LogP contribution in [0.3, 0.4) is 0 Å². The predicted molar refractivity (Wildman–Crippen MR) is 152 cm³/mol. The van der Waals surface area contributed by atoms with E-state index in [0.29, 0.717) is 10.8 Å². The van der Waals surface area contributed by atoms with E-state index >= 15 is 0 Å². The lowest BCUT2D eigenvalue weighted by Crippen LogP contribution is -2.30. The van der Waals surface area contributed by atoms with E-state index in [1.165, 1.54) is 19.2 Å². The van der Waals surface area contributed by atoms with Crippen LogP contribution >= 0.6 is 12.2 Å². The molecule has 1 aliphatic rings. The van der Waals surface area contributed by atoms with E-state index in [0.717, 1.165) is 28.3 Å². The van der Waals surface area contributed by atoms with E-state index in [-0.39, 0.29) is 30.3 Å². The fraction of sp³-hybridized carbons (Fsp3) is 0.179. The third kappa shape index (κ3) is 5.22.